The van der Waals surface area contributed by atoms with E-state index in [0.717, 1.165) is 27.8 Å². The predicted molar refractivity (Wildman–Crippen MR) is 111 cm³/mol. The molecule has 144 valence electrons. The Morgan fingerprint density at radius 2 is 2.11 bits per heavy atom. The van der Waals surface area contributed by atoms with E-state index in [1.807, 2.05) is 18.2 Å². The molecule has 0 aliphatic carbocycles. The highest BCUT2D eigenvalue weighted by atomic mass is 35.5. The average Bonchev–Trinajstić information content (AvgIpc) is 3.18. The van der Waals surface area contributed by atoms with Crippen LogP contribution in [-0.2, 0) is 4.74 Å². The van der Waals surface area contributed by atoms with Crippen molar-refractivity contribution in [1.82, 2.24) is 24.9 Å². The SMILES string of the molecule is COCCNc1nc2c(Cl)cccc2cc1C(C)Nc1ncnc2nc[nH]c12. The van der Waals surface area contributed by atoms with Gasteiger partial charge in [-0.05, 0) is 19.1 Å². The molecule has 0 radical (unpaired) electrons. The number of para-hydroxylation sites is 1. The molecule has 0 saturated carbocycles. The third-order valence-corrected chi connectivity index (χ3v) is 4.77. The van der Waals surface area contributed by atoms with Gasteiger partial charge >= 0.3 is 0 Å². The summed E-state index contributed by atoms with van der Waals surface area (Å²) in [5.41, 5.74) is 3.14. The number of imidazole rings is 1. The number of ether oxygens (including phenoxy) is 1. The van der Waals surface area contributed by atoms with Crippen LogP contribution >= 0.6 is 11.6 Å². The second-order valence-corrected chi connectivity index (χ2v) is 6.75. The van der Waals surface area contributed by atoms with E-state index in [9.17, 15) is 0 Å². The normalized spacial score (nSPS) is 12.4. The van der Waals surface area contributed by atoms with Gasteiger partial charge in [0.15, 0.2) is 11.5 Å². The number of nitrogens with zero attached hydrogens (tertiary/aromatic N) is 4. The molecule has 1 aromatic carbocycles. The van der Waals surface area contributed by atoms with Crippen LogP contribution < -0.4 is 10.6 Å². The van der Waals surface area contributed by atoms with Gasteiger partial charge < -0.3 is 20.4 Å². The highest BCUT2D eigenvalue weighted by Gasteiger charge is 2.17. The van der Waals surface area contributed by atoms with E-state index >= 15 is 0 Å². The van der Waals surface area contributed by atoms with Gasteiger partial charge in [0.1, 0.15) is 17.7 Å². The zero-order valence-electron chi connectivity index (χ0n) is 15.5. The molecular weight excluding hydrogens is 378 g/mol. The summed E-state index contributed by atoms with van der Waals surface area (Å²) >= 11 is 6.35. The second-order valence-electron chi connectivity index (χ2n) is 6.35. The molecule has 1 unspecified atom stereocenters. The number of hydrogen-bond acceptors (Lipinski definition) is 7. The van der Waals surface area contributed by atoms with Gasteiger partial charge in [-0.25, -0.2) is 19.9 Å². The van der Waals surface area contributed by atoms with Crippen molar-refractivity contribution in [2.45, 2.75) is 13.0 Å². The maximum absolute atomic E-state index is 6.35. The summed E-state index contributed by atoms with van der Waals surface area (Å²) < 4.78 is 5.15. The number of pyridine rings is 1. The lowest BCUT2D eigenvalue weighted by Crippen LogP contribution is -2.15. The molecule has 9 heteroatoms. The molecule has 0 spiro atoms. The van der Waals surface area contributed by atoms with Crippen LogP contribution in [0.5, 0.6) is 0 Å². The van der Waals surface area contributed by atoms with Crippen LogP contribution in [-0.4, -0.2) is 45.2 Å². The van der Waals surface area contributed by atoms with Gasteiger partial charge in [0.2, 0.25) is 0 Å². The fourth-order valence-electron chi connectivity index (χ4n) is 3.08. The van der Waals surface area contributed by atoms with E-state index in [1.54, 1.807) is 13.4 Å². The van der Waals surface area contributed by atoms with E-state index in [-0.39, 0.29) is 6.04 Å². The van der Waals surface area contributed by atoms with E-state index in [1.165, 1.54) is 6.33 Å². The first-order valence-electron chi connectivity index (χ1n) is 8.90. The Kier molecular flexibility index (Phi) is 5.23. The first-order valence-corrected chi connectivity index (χ1v) is 9.27. The summed E-state index contributed by atoms with van der Waals surface area (Å²) in [6, 6.07) is 7.77. The Morgan fingerprint density at radius 3 is 2.96 bits per heavy atom. The molecular formula is C19H20ClN7O. The first kappa shape index (κ1) is 18.4. The number of aromatic nitrogens is 5. The molecule has 28 heavy (non-hydrogen) atoms. The van der Waals surface area contributed by atoms with Crippen molar-refractivity contribution in [3.05, 3.63) is 47.5 Å². The monoisotopic (exact) mass is 397 g/mol. The number of anilines is 2. The third kappa shape index (κ3) is 3.56. The predicted octanol–water partition coefficient (Wildman–Crippen LogP) is 3.79. The standard InChI is InChI=1S/C19H20ClN7O/c1-11(26-19-16-18(23-9-22-16)24-10-25-19)13-8-12-4-3-5-14(20)15(12)27-17(13)21-6-7-28-2/h3-5,8-11H,6-7H2,1-2H3,(H,21,27)(H2,22,23,24,25,26). The van der Waals surface area contributed by atoms with Crippen molar-refractivity contribution in [2.24, 2.45) is 0 Å². The first-order chi connectivity index (χ1) is 13.7. The number of rotatable bonds is 7. The second kappa shape index (κ2) is 7.95. The molecule has 4 rings (SSSR count). The number of hydrogen-bond donors (Lipinski definition) is 3. The number of fused-ring (bicyclic) bond motifs is 2. The number of aromatic amines is 1. The summed E-state index contributed by atoms with van der Waals surface area (Å²) in [6.07, 6.45) is 3.10. The lowest BCUT2D eigenvalue weighted by atomic mass is 10.1. The smallest absolute Gasteiger partial charge is 0.182 e. The molecule has 3 N–H and O–H groups in total. The topological polar surface area (TPSA) is 101 Å². The molecule has 8 nitrogen and oxygen atoms in total. The number of nitrogens with one attached hydrogen (secondary N) is 3. The average molecular weight is 398 g/mol. The van der Waals surface area contributed by atoms with Gasteiger partial charge in [0.25, 0.3) is 0 Å². The molecule has 0 saturated heterocycles. The van der Waals surface area contributed by atoms with E-state index in [0.29, 0.717) is 29.6 Å². The Morgan fingerprint density at radius 1 is 1.21 bits per heavy atom. The minimum absolute atomic E-state index is 0.0812. The number of H-pyrrole nitrogens is 1. The maximum Gasteiger partial charge on any atom is 0.182 e. The molecule has 0 amide bonds. The molecule has 0 aliphatic heterocycles. The Balaban J connectivity index is 1.72. The van der Waals surface area contributed by atoms with E-state index < -0.39 is 0 Å². The molecule has 4 aromatic rings. The summed E-state index contributed by atoms with van der Waals surface area (Å²) in [7, 11) is 1.67. The molecule has 1 atom stereocenters. The van der Waals surface area contributed by atoms with Crippen LogP contribution in [0.1, 0.15) is 18.5 Å². The van der Waals surface area contributed by atoms with Crippen LogP contribution in [0.25, 0.3) is 22.1 Å². The van der Waals surface area contributed by atoms with Gasteiger partial charge in [-0.3, -0.25) is 0 Å². The van der Waals surface area contributed by atoms with Crippen molar-refractivity contribution in [3.8, 4) is 0 Å². The zero-order valence-corrected chi connectivity index (χ0v) is 16.3. The van der Waals surface area contributed by atoms with Crippen molar-refractivity contribution in [3.63, 3.8) is 0 Å². The molecule has 3 aromatic heterocycles. The van der Waals surface area contributed by atoms with Crippen molar-refractivity contribution in [1.29, 1.82) is 0 Å². The van der Waals surface area contributed by atoms with Gasteiger partial charge in [-0.1, -0.05) is 23.7 Å². The van der Waals surface area contributed by atoms with Gasteiger partial charge in [0.05, 0.1) is 29.5 Å². The number of methoxy groups -OCH3 is 1. The summed E-state index contributed by atoms with van der Waals surface area (Å²) in [5.74, 6) is 1.44. The van der Waals surface area contributed by atoms with Gasteiger partial charge in [-0.15, -0.1) is 0 Å². The minimum atomic E-state index is -0.0812. The van der Waals surface area contributed by atoms with Gasteiger partial charge in [-0.2, -0.15) is 0 Å². The molecule has 0 bridgehead atoms. The quantitative estimate of drug-likeness (QED) is 0.408. The van der Waals surface area contributed by atoms with Crippen LogP contribution in [0.3, 0.4) is 0 Å². The number of benzene rings is 1. The van der Waals surface area contributed by atoms with Crippen molar-refractivity contribution < 1.29 is 4.74 Å². The maximum atomic E-state index is 6.35. The van der Waals surface area contributed by atoms with E-state index in [4.69, 9.17) is 21.3 Å². The van der Waals surface area contributed by atoms with Crippen LogP contribution in [0.4, 0.5) is 11.6 Å². The van der Waals surface area contributed by atoms with Gasteiger partial charge in [0, 0.05) is 24.6 Å². The van der Waals surface area contributed by atoms with Crippen molar-refractivity contribution in [2.75, 3.05) is 30.9 Å². The van der Waals surface area contributed by atoms with Crippen LogP contribution in [0.2, 0.25) is 5.02 Å². The van der Waals surface area contributed by atoms with Crippen LogP contribution in [0, 0.1) is 0 Å². The molecule has 0 aliphatic rings. The number of halogens is 1. The largest absolute Gasteiger partial charge is 0.383 e. The Hall–Kier alpha value is -2.97. The fraction of sp³-hybridized carbons (Fsp3) is 0.263. The minimum Gasteiger partial charge on any atom is -0.383 e. The zero-order chi connectivity index (χ0) is 19.5. The van der Waals surface area contributed by atoms with Crippen molar-refractivity contribution >= 4 is 45.3 Å². The third-order valence-electron chi connectivity index (χ3n) is 4.47. The fourth-order valence-corrected chi connectivity index (χ4v) is 3.30. The Bertz CT molecular complexity index is 1110. The summed E-state index contributed by atoms with van der Waals surface area (Å²) in [6.45, 7) is 3.26. The summed E-state index contributed by atoms with van der Waals surface area (Å²) in [5, 5.41) is 8.37. The van der Waals surface area contributed by atoms with Crippen LogP contribution in [0.15, 0.2) is 36.9 Å². The lowest BCUT2D eigenvalue weighted by Gasteiger charge is -2.20. The molecule has 0 fully saturated rings. The highest BCUT2D eigenvalue weighted by Crippen LogP contribution is 2.31. The van der Waals surface area contributed by atoms with E-state index in [2.05, 4.69) is 43.6 Å². The summed E-state index contributed by atoms with van der Waals surface area (Å²) in [4.78, 5) is 20.5. The lowest BCUT2D eigenvalue weighted by molar-refractivity contribution is 0.210. The Labute approximate surface area is 166 Å². The highest BCUT2D eigenvalue weighted by molar-refractivity contribution is 6.35. The molecule has 3 heterocycles.